The summed E-state index contributed by atoms with van der Waals surface area (Å²) in [6.45, 7) is 2.72. The summed E-state index contributed by atoms with van der Waals surface area (Å²) in [5.41, 5.74) is 0.350. The molecule has 0 unspecified atom stereocenters. The number of amides is 2. The van der Waals surface area contributed by atoms with Crippen molar-refractivity contribution >= 4 is 23.3 Å². The highest BCUT2D eigenvalue weighted by Gasteiger charge is 2.36. The Kier molecular flexibility index (Phi) is 5.47. The van der Waals surface area contributed by atoms with E-state index in [1.54, 1.807) is 16.3 Å². The lowest BCUT2D eigenvalue weighted by Gasteiger charge is -2.29. The van der Waals surface area contributed by atoms with Gasteiger partial charge in [-0.15, -0.1) is 0 Å². The molecule has 24 heavy (non-hydrogen) atoms. The zero-order valence-corrected chi connectivity index (χ0v) is 14.7. The molecule has 2 aliphatic heterocycles. The van der Waals surface area contributed by atoms with Gasteiger partial charge in [-0.1, -0.05) is 0 Å². The highest BCUT2D eigenvalue weighted by Crippen LogP contribution is 2.22. The van der Waals surface area contributed by atoms with Gasteiger partial charge >= 0.3 is 0 Å². The van der Waals surface area contributed by atoms with Crippen molar-refractivity contribution in [2.24, 2.45) is 5.92 Å². The fourth-order valence-electron chi connectivity index (χ4n) is 3.35. The quantitative estimate of drug-likeness (QED) is 0.807. The van der Waals surface area contributed by atoms with Crippen LogP contribution in [0.2, 0.25) is 0 Å². The van der Waals surface area contributed by atoms with E-state index in [0.717, 1.165) is 25.9 Å². The van der Waals surface area contributed by atoms with Crippen molar-refractivity contribution in [1.82, 2.24) is 19.5 Å². The van der Waals surface area contributed by atoms with E-state index in [2.05, 4.69) is 21.6 Å². The molecule has 132 valence electrons. The van der Waals surface area contributed by atoms with Gasteiger partial charge in [0.1, 0.15) is 5.69 Å². The molecule has 1 aromatic heterocycles. The van der Waals surface area contributed by atoms with Gasteiger partial charge in [0, 0.05) is 24.9 Å². The van der Waals surface area contributed by atoms with Crippen LogP contribution in [0.5, 0.6) is 0 Å². The Bertz CT molecular complexity index is 572. The molecule has 1 aromatic rings. The minimum absolute atomic E-state index is 0.0778. The van der Waals surface area contributed by atoms with E-state index in [1.807, 2.05) is 0 Å². The van der Waals surface area contributed by atoms with Crippen LogP contribution in [0.4, 0.5) is 0 Å². The SMILES string of the molecule is CN1CCC(CC(=O)N2C[C@@H](O)[C@@H](NC(=O)c3ccsn3)C2)CC1. The lowest BCUT2D eigenvalue weighted by molar-refractivity contribution is -0.131. The number of carbonyl (C=O) groups excluding carboxylic acids is 2. The summed E-state index contributed by atoms with van der Waals surface area (Å²) in [6.07, 6.45) is 1.90. The molecule has 8 heteroatoms. The van der Waals surface area contributed by atoms with Gasteiger partial charge in [0.25, 0.3) is 5.91 Å². The number of likely N-dealkylation sites (tertiary alicyclic amines) is 2. The number of aliphatic hydroxyl groups is 1. The third kappa shape index (κ3) is 4.12. The Hall–Kier alpha value is -1.51. The topological polar surface area (TPSA) is 85.8 Å². The van der Waals surface area contributed by atoms with Gasteiger partial charge in [-0.2, -0.15) is 4.37 Å². The van der Waals surface area contributed by atoms with Crippen LogP contribution < -0.4 is 5.32 Å². The summed E-state index contributed by atoms with van der Waals surface area (Å²) >= 11 is 1.21. The van der Waals surface area contributed by atoms with Crippen LogP contribution in [0.3, 0.4) is 0 Å². The first-order valence-electron chi connectivity index (χ1n) is 8.38. The Morgan fingerprint density at radius 2 is 2.12 bits per heavy atom. The second kappa shape index (κ2) is 7.58. The second-order valence-corrected chi connectivity index (χ2v) is 7.45. The van der Waals surface area contributed by atoms with Crippen molar-refractivity contribution in [1.29, 1.82) is 0 Å². The van der Waals surface area contributed by atoms with Crippen LogP contribution in [-0.4, -0.2) is 76.5 Å². The maximum Gasteiger partial charge on any atom is 0.271 e. The first-order valence-corrected chi connectivity index (χ1v) is 9.22. The number of nitrogens with zero attached hydrogens (tertiary/aromatic N) is 3. The third-order valence-corrected chi connectivity index (χ3v) is 5.49. The smallest absolute Gasteiger partial charge is 0.271 e. The molecule has 2 fully saturated rings. The molecule has 0 radical (unpaired) electrons. The summed E-state index contributed by atoms with van der Waals surface area (Å²) in [6, 6.07) is 1.21. The molecule has 0 aromatic carbocycles. The second-order valence-electron chi connectivity index (χ2n) is 6.78. The lowest BCUT2D eigenvalue weighted by Crippen LogP contribution is -2.43. The van der Waals surface area contributed by atoms with E-state index in [-0.39, 0.29) is 18.4 Å². The molecule has 0 aliphatic carbocycles. The van der Waals surface area contributed by atoms with Crippen LogP contribution >= 0.6 is 11.5 Å². The summed E-state index contributed by atoms with van der Waals surface area (Å²) < 4.78 is 3.98. The molecule has 2 atom stereocenters. The van der Waals surface area contributed by atoms with Crippen LogP contribution in [0.25, 0.3) is 0 Å². The predicted octanol–water partition coefficient (Wildman–Crippen LogP) is 0.176. The van der Waals surface area contributed by atoms with Crippen LogP contribution in [-0.2, 0) is 4.79 Å². The molecule has 2 saturated heterocycles. The van der Waals surface area contributed by atoms with E-state index >= 15 is 0 Å². The number of aromatic nitrogens is 1. The summed E-state index contributed by atoms with van der Waals surface area (Å²) in [5.74, 6) is 0.202. The first kappa shape index (κ1) is 17.3. The standard InChI is InChI=1S/C16H24N4O3S/c1-19-5-2-11(3-6-19)8-15(22)20-9-13(14(21)10-20)17-16(23)12-4-7-24-18-12/h4,7,11,13-14,21H,2-3,5-6,8-10H2,1H3,(H,17,23)/t13-,14+/m0/s1. The number of rotatable bonds is 4. The number of nitrogens with one attached hydrogen (secondary N) is 1. The molecule has 2 amide bonds. The molecule has 3 heterocycles. The van der Waals surface area contributed by atoms with E-state index < -0.39 is 12.1 Å². The zero-order valence-electron chi connectivity index (χ0n) is 13.9. The maximum atomic E-state index is 12.5. The van der Waals surface area contributed by atoms with Gasteiger partial charge in [-0.05, 0) is 56.5 Å². The van der Waals surface area contributed by atoms with Gasteiger partial charge < -0.3 is 20.2 Å². The van der Waals surface area contributed by atoms with Crippen molar-refractivity contribution in [2.75, 3.05) is 33.2 Å². The Balaban J connectivity index is 1.49. The van der Waals surface area contributed by atoms with Gasteiger partial charge in [0.2, 0.25) is 5.91 Å². The van der Waals surface area contributed by atoms with Crippen molar-refractivity contribution in [3.63, 3.8) is 0 Å². The largest absolute Gasteiger partial charge is 0.389 e. The number of carbonyl (C=O) groups is 2. The van der Waals surface area contributed by atoms with E-state index in [9.17, 15) is 14.7 Å². The average Bonchev–Trinajstić information content (AvgIpc) is 3.20. The summed E-state index contributed by atoms with van der Waals surface area (Å²) in [7, 11) is 2.10. The molecule has 0 spiro atoms. The highest BCUT2D eigenvalue weighted by molar-refractivity contribution is 7.03. The van der Waals surface area contributed by atoms with Crippen molar-refractivity contribution < 1.29 is 14.7 Å². The number of hydrogen-bond acceptors (Lipinski definition) is 6. The van der Waals surface area contributed by atoms with E-state index in [4.69, 9.17) is 0 Å². The monoisotopic (exact) mass is 352 g/mol. The van der Waals surface area contributed by atoms with E-state index in [1.165, 1.54) is 11.5 Å². The fraction of sp³-hybridized carbons (Fsp3) is 0.688. The molecule has 7 nitrogen and oxygen atoms in total. The van der Waals surface area contributed by atoms with Crippen molar-refractivity contribution in [3.8, 4) is 0 Å². The zero-order chi connectivity index (χ0) is 17.1. The molecule has 0 bridgehead atoms. The van der Waals surface area contributed by atoms with Crippen LogP contribution in [0.15, 0.2) is 11.4 Å². The van der Waals surface area contributed by atoms with E-state index in [0.29, 0.717) is 24.6 Å². The molecule has 3 rings (SSSR count). The third-order valence-electron chi connectivity index (χ3n) is 4.93. The fourth-order valence-corrected chi connectivity index (χ4v) is 3.85. The average molecular weight is 352 g/mol. The molecule has 2 aliphatic rings. The highest BCUT2D eigenvalue weighted by atomic mass is 32.1. The number of hydrogen-bond donors (Lipinski definition) is 2. The summed E-state index contributed by atoms with van der Waals surface area (Å²) in [5, 5.41) is 14.7. The van der Waals surface area contributed by atoms with Crippen molar-refractivity contribution in [2.45, 2.75) is 31.4 Å². The normalized spacial score (nSPS) is 25.8. The molecular formula is C16H24N4O3S. The Labute approximate surface area is 145 Å². The lowest BCUT2D eigenvalue weighted by atomic mass is 9.93. The minimum Gasteiger partial charge on any atom is -0.389 e. The van der Waals surface area contributed by atoms with Gasteiger partial charge in [-0.25, -0.2) is 0 Å². The van der Waals surface area contributed by atoms with Gasteiger partial charge in [0.15, 0.2) is 0 Å². The number of β-amino-alcohol motifs (C(OH)–C–C–N with tert-alkyl or cyclic N) is 1. The van der Waals surface area contributed by atoms with Crippen LogP contribution in [0, 0.1) is 5.92 Å². The number of piperidine rings is 1. The van der Waals surface area contributed by atoms with Gasteiger partial charge in [0.05, 0.1) is 12.1 Å². The van der Waals surface area contributed by atoms with Gasteiger partial charge in [-0.3, -0.25) is 9.59 Å². The molecule has 2 N–H and O–H groups in total. The number of aliphatic hydroxyl groups excluding tert-OH is 1. The van der Waals surface area contributed by atoms with Crippen molar-refractivity contribution in [3.05, 3.63) is 17.1 Å². The Morgan fingerprint density at radius 3 is 2.79 bits per heavy atom. The first-order chi connectivity index (χ1) is 11.5. The minimum atomic E-state index is -0.728. The molecular weight excluding hydrogens is 328 g/mol. The predicted molar refractivity (Wildman–Crippen MR) is 90.8 cm³/mol. The Morgan fingerprint density at radius 1 is 1.38 bits per heavy atom. The maximum absolute atomic E-state index is 12.5. The van der Waals surface area contributed by atoms with Crippen LogP contribution in [0.1, 0.15) is 29.8 Å². The summed E-state index contributed by atoms with van der Waals surface area (Å²) in [4.78, 5) is 28.5. The molecule has 0 saturated carbocycles.